The second-order valence-electron chi connectivity index (χ2n) is 8.90. The normalized spacial score (nSPS) is 17.8. The molecule has 0 saturated heterocycles. The Morgan fingerprint density at radius 1 is 1.04 bits per heavy atom. The molecule has 0 unspecified atom stereocenters. The highest BCUT2D eigenvalue weighted by Gasteiger charge is 2.30. The lowest BCUT2D eigenvalue weighted by atomic mass is 10.1. The van der Waals surface area contributed by atoms with Gasteiger partial charge in [0.15, 0.2) is 5.78 Å². The van der Waals surface area contributed by atoms with Crippen LogP contribution in [-0.4, -0.2) is 28.2 Å². The van der Waals surface area contributed by atoms with E-state index >= 15 is 0 Å². The third kappa shape index (κ3) is 4.51. The number of allylic oxidation sites excluding steroid dienone is 3. The maximum Gasteiger partial charge on any atom is 0.162 e. The lowest BCUT2D eigenvalue weighted by molar-refractivity contribution is -0.114. The van der Waals surface area contributed by atoms with Crippen LogP contribution in [0.5, 0.6) is 0 Å². The van der Waals surface area contributed by atoms with Crippen LogP contribution in [0.4, 0.5) is 0 Å². The summed E-state index contributed by atoms with van der Waals surface area (Å²) < 4.78 is 0. The number of Topliss-reactive ketones (excluding diaryl/α,β-unsaturated/α-hetero) is 1. The molecule has 1 aliphatic carbocycles. The first kappa shape index (κ1) is 18.8. The van der Waals surface area contributed by atoms with Crippen molar-refractivity contribution in [3.05, 3.63) is 52.6 Å². The van der Waals surface area contributed by atoms with Crippen LogP contribution in [0, 0.1) is 0 Å². The molecule has 0 aliphatic heterocycles. The molecule has 128 valence electrons. The highest BCUT2D eigenvalue weighted by Crippen LogP contribution is 2.37. The lowest BCUT2D eigenvalue weighted by Crippen LogP contribution is -2.24. The molecule has 2 rings (SSSR count). The van der Waals surface area contributed by atoms with Gasteiger partial charge in [0.25, 0.3) is 0 Å². The van der Waals surface area contributed by atoms with Gasteiger partial charge >= 0.3 is 0 Å². The van der Waals surface area contributed by atoms with Gasteiger partial charge in [-0.25, -0.2) is 0 Å². The van der Waals surface area contributed by atoms with Crippen LogP contribution < -0.4 is 0 Å². The van der Waals surface area contributed by atoms with Gasteiger partial charge in [0.2, 0.25) is 0 Å². The summed E-state index contributed by atoms with van der Waals surface area (Å²) >= 11 is 0. The fourth-order valence-electron chi connectivity index (χ4n) is 3.34. The lowest BCUT2D eigenvalue weighted by Gasteiger charge is -2.24. The molecule has 2 nitrogen and oxygen atoms in total. The third-order valence-corrected chi connectivity index (χ3v) is 7.74. The largest absolute Gasteiger partial charge is 0.298 e. The van der Waals surface area contributed by atoms with Crippen molar-refractivity contribution in [1.29, 1.82) is 0 Å². The SMILES string of the molecule is C[Si](C)(C)CC1=C/C(=C(\c2ccc(C=O)cc2)[Si](C)(C)C)CC1=O. The quantitative estimate of drug-likeness (QED) is 0.525. The Balaban J connectivity index is 2.53. The molecule has 1 aromatic rings. The molecule has 1 aliphatic rings. The van der Waals surface area contributed by atoms with E-state index in [1.165, 1.54) is 10.8 Å². The van der Waals surface area contributed by atoms with Crippen LogP contribution >= 0.6 is 0 Å². The summed E-state index contributed by atoms with van der Waals surface area (Å²) in [6.45, 7) is 13.9. The van der Waals surface area contributed by atoms with Crippen molar-refractivity contribution in [2.75, 3.05) is 0 Å². The topological polar surface area (TPSA) is 34.1 Å². The van der Waals surface area contributed by atoms with Crippen molar-refractivity contribution in [3.8, 4) is 0 Å². The minimum atomic E-state index is -1.63. The standard InChI is InChI=1S/C20H28O2Si2/c1-23(2,3)14-18-11-17(12-19(18)22)20(24(4,5)6)16-9-7-15(13-21)8-10-16/h7-11,13H,12,14H2,1-6H3/b20-17-. The van der Waals surface area contributed by atoms with E-state index < -0.39 is 16.1 Å². The minimum absolute atomic E-state index is 0.299. The molecule has 24 heavy (non-hydrogen) atoms. The van der Waals surface area contributed by atoms with E-state index in [9.17, 15) is 9.59 Å². The fraction of sp³-hybridized carbons (Fsp3) is 0.400. The minimum Gasteiger partial charge on any atom is -0.298 e. The summed E-state index contributed by atoms with van der Waals surface area (Å²) in [4.78, 5) is 23.4. The fourth-order valence-corrected chi connectivity index (χ4v) is 6.94. The summed E-state index contributed by atoms with van der Waals surface area (Å²) in [5.74, 6) is 0.299. The predicted octanol–water partition coefficient (Wildman–Crippen LogP) is 5.37. The number of benzene rings is 1. The molecule has 0 fully saturated rings. The average Bonchev–Trinajstić information content (AvgIpc) is 2.76. The van der Waals surface area contributed by atoms with Gasteiger partial charge in [-0.1, -0.05) is 69.6 Å². The molecule has 0 atom stereocenters. The molecule has 0 N–H and O–H groups in total. The van der Waals surface area contributed by atoms with Crippen molar-refractivity contribution in [2.24, 2.45) is 0 Å². The van der Waals surface area contributed by atoms with Gasteiger partial charge in [0, 0.05) is 20.1 Å². The smallest absolute Gasteiger partial charge is 0.162 e. The van der Waals surface area contributed by atoms with E-state index in [4.69, 9.17) is 0 Å². The van der Waals surface area contributed by atoms with Gasteiger partial charge in [-0.2, -0.15) is 0 Å². The molecule has 0 amide bonds. The van der Waals surface area contributed by atoms with E-state index in [0.717, 1.165) is 23.5 Å². The number of carbonyl (C=O) groups is 2. The average molecular weight is 357 g/mol. The monoisotopic (exact) mass is 356 g/mol. The van der Waals surface area contributed by atoms with Gasteiger partial charge in [0.05, 0.1) is 8.07 Å². The Labute approximate surface area is 147 Å². The summed E-state index contributed by atoms with van der Waals surface area (Å²) in [6, 6.07) is 8.75. The first-order valence-electron chi connectivity index (χ1n) is 8.54. The van der Waals surface area contributed by atoms with Gasteiger partial charge in [-0.05, 0) is 28.0 Å². The molecule has 0 saturated carbocycles. The molecule has 1 aromatic carbocycles. The predicted molar refractivity (Wildman–Crippen MR) is 108 cm³/mol. The zero-order valence-corrected chi connectivity index (χ0v) is 17.7. The first-order valence-corrected chi connectivity index (χ1v) is 15.7. The van der Waals surface area contributed by atoms with Crippen LogP contribution in [0.1, 0.15) is 22.3 Å². The highest BCUT2D eigenvalue weighted by atomic mass is 28.3. The molecule has 4 heteroatoms. The Bertz CT molecular complexity index is 711. The van der Waals surface area contributed by atoms with E-state index in [-0.39, 0.29) is 0 Å². The van der Waals surface area contributed by atoms with Crippen LogP contribution in [0.15, 0.2) is 41.5 Å². The Morgan fingerprint density at radius 2 is 1.62 bits per heavy atom. The van der Waals surface area contributed by atoms with E-state index in [1.54, 1.807) is 0 Å². The van der Waals surface area contributed by atoms with E-state index in [1.807, 2.05) is 24.3 Å². The van der Waals surface area contributed by atoms with E-state index in [2.05, 4.69) is 45.4 Å². The third-order valence-electron chi connectivity index (χ3n) is 4.18. The van der Waals surface area contributed by atoms with Gasteiger partial charge in [-0.15, -0.1) is 0 Å². The summed E-state index contributed by atoms with van der Waals surface area (Å²) in [6.07, 6.45) is 3.58. The van der Waals surface area contributed by atoms with Crippen LogP contribution in [0.25, 0.3) is 5.20 Å². The first-order chi connectivity index (χ1) is 11.0. The summed E-state index contributed by atoms with van der Waals surface area (Å²) in [5, 5.41) is 1.35. The molecular weight excluding hydrogens is 328 g/mol. The van der Waals surface area contributed by atoms with Crippen molar-refractivity contribution < 1.29 is 9.59 Å². The number of hydrogen-bond acceptors (Lipinski definition) is 2. The van der Waals surface area contributed by atoms with Gasteiger partial charge < -0.3 is 0 Å². The van der Waals surface area contributed by atoms with Crippen LogP contribution in [0.2, 0.25) is 45.3 Å². The zero-order chi connectivity index (χ0) is 18.1. The maximum atomic E-state index is 12.5. The van der Waals surface area contributed by atoms with Crippen molar-refractivity contribution in [2.45, 2.75) is 51.7 Å². The highest BCUT2D eigenvalue weighted by molar-refractivity contribution is 6.94. The second-order valence-corrected chi connectivity index (χ2v) is 19.4. The molecule has 0 radical (unpaired) electrons. The zero-order valence-electron chi connectivity index (χ0n) is 15.7. The number of ketones is 1. The molecule has 0 aromatic heterocycles. The molecule has 0 heterocycles. The van der Waals surface area contributed by atoms with Crippen molar-refractivity contribution in [3.63, 3.8) is 0 Å². The number of aldehydes is 1. The van der Waals surface area contributed by atoms with Crippen LogP contribution in [0.3, 0.4) is 0 Å². The maximum absolute atomic E-state index is 12.5. The number of carbonyl (C=O) groups excluding carboxylic acids is 2. The van der Waals surface area contributed by atoms with Gasteiger partial charge in [0.1, 0.15) is 6.29 Å². The summed E-state index contributed by atoms with van der Waals surface area (Å²) in [5.41, 5.74) is 4.07. The van der Waals surface area contributed by atoms with E-state index in [0.29, 0.717) is 17.8 Å². The summed E-state index contributed by atoms with van der Waals surface area (Å²) in [7, 11) is -2.94. The Morgan fingerprint density at radius 3 is 2.08 bits per heavy atom. The van der Waals surface area contributed by atoms with Crippen LogP contribution in [-0.2, 0) is 4.79 Å². The van der Waals surface area contributed by atoms with Crippen molar-refractivity contribution >= 4 is 33.4 Å². The Kier molecular flexibility index (Phi) is 5.30. The molecule has 0 bridgehead atoms. The van der Waals surface area contributed by atoms with Crippen molar-refractivity contribution in [1.82, 2.24) is 0 Å². The second kappa shape index (κ2) is 6.77. The number of hydrogen-bond donors (Lipinski definition) is 0. The van der Waals surface area contributed by atoms with Gasteiger partial charge in [-0.3, -0.25) is 9.59 Å². The molecule has 0 spiro atoms. The Hall–Kier alpha value is -1.53. The molecular formula is C20H28O2Si2. The number of rotatable bonds is 5.